The average molecular weight is 336 g/mol. The highest BCUT2D eigenvalue weighted by Gasteiger charge is 2.38. The number of urea groups is 1. The van der Waals surface area contributed by atoms with Gasteiger partial charge in [0.2, 0.25) is 5.91 Å². The van der Waals surface area contributed by atoms with Gasteiger partial charge < -0.3 is 14.8 Å². The van der Waals surface area contributed by atoms with E-state index in [4.69, 9.17) is 0 Å². The lowest BCUT2D eigenvalue weighted by Crippen LogP contribution is -2.37. The van der Waals surface area contributed by atoms with Gasteiger partial charge in [-0.25, -0.2) is 4.79 Å². The third-order valence-corrected chi connectivity index (χ3v) is 3.94. The molecule has 0 saturated carbocycles. The third-order valence-electron chi connectivity index (χ3n) is 3.94. The normalized spacial score (nSPS) is 17.5. The molecule has 1 atom stereocenters. The topological polar surface area (TPSA) is 100 Å². The maximum atomic E-state index is 12.4. The van der Waals surface area contributed by atoms with Gasteiger partial charge in [-0.15, -0.1) is 10.2 Å². The Morgan fingerprint density at radius 1 is 1.42 bits per heavy atom. The highest BCUT2D eigenvalue weighted by Crippen LogP contribution is 2.13. The van der Waals surface area contributed by atoms with Crippen molar-refractivity contribution in [1.29, 1.82) is 0 Å². The predicted molar refractivity (Wildman–Crippen MR) is 85.8 cm³/mol. The van der Waals surface area contributed by atoms with Crippen LogP contribution in [0.3, 0.4) is 0 Å². The maximum Gasteiger partial charge on any atom is 0.324 e. The Bertz CT molecular complexity index is 626. The number of carbonyl (C=O) groups is 3. The van der Waals surface area contributed by atoms with E-state index in [9.17, 15) is 14.4 Å². The van der Waals surface area contributed by atoms with Gasteiger partial charge in [-0.2, -0.15) is 0 Å². The molecule has 1 saturated heterocycles. The van der Waals surface area contributed by atoms with Gasteiger partial charge in [-0.05, 0) is 20.3 Å². The van der Waals surface area contributed by atoms with Crippen LogP contribution in [0.1, 0.15) is 45.5 Å². The van der Waals surface area contributed by atoms with Crippen molar-refractivity contribution in [2.45, 2.75) is 52.2 Å². The summed E-state index contributed by atoms with van der Waals surface area (Å²) in [7, 11) is 1.65. The Hall–Kier alpha value is -2.45. The van der Waals surface area contributed by atoms with E-state index in [-0.39, 0.29) is 24.3 Å². The molecule has 0 radical (unpaired) electrons. The molecule has 1 fully saturated rings. The van der Waals surface area contributed by atoms with Crippen molar-refractivity contribution < 1.29 is 14.4 Å². The summed E-state index contributed by atoms with van der Waals surface area (Å²) in [5.41, 5.74) is 0. The Morgan fingerprint density at radius 3 is 2.75 bits per heavy atom. The van der Waals surface area contributed by atoms with Crippen LogP contribution in [-0.2, 0) is 16.1 Å². The quantitative estimate of drug-likeness (QED) is 0.732. The molecule has 0 aromatic carbocycles. The van der Waals surface area contributed by atoms with E-state index in [2.05, 4.69) is 15.5 Å². The number of hydrogen-bond donors (Lipinski definition) is 1. The second kappa shape index (κ2) is 7.41. The molecule has 4 amide bonds. The molecule has 1 aliphatic rings. The van der Waals surface area contributed by atoms with Gasteiger partial charge in [-0.3, -0.25) is 14.5 Å². The molecule has 9 heteroatoms. The summed E-state index contributed by atoms with van der Waals surface area (Å²) in [5.74, 6) is 0.106. The first kappa shape index (κ1) is 17.9. The van der Waals surface area contributed by atoms with Crippen molar-refractivity contribution in [3.8, 4) is 0 Å². The summed E-state index contributed by atoms with van der Waals surface area (Å²) in [5, 5.41) is 10.5. The van der Waals surface area contributed by atoms with Crippen LogP contribution in [0.2, 0.25) is 0 Å². The molecular formula is C15H24N6O3. The maximum absolute atomic E-state index is 12.4. The second-order valence-electron chi connectivity index (χ2n) is 6.19. The number of imide groups is 1. The molecule has 24 heavy (non-hydrogen) atoms. The van der Waals surface area contributed by atoms with Crippen LogP contribution in [0, 0.1) is 0 Å². The lowest BCUT2D eigenvalue weighted by Gasteiger charge is -2.19. The number of nitrogens with one attached hydrogen (secondary N) is 1. The molecule has 2 heterocycles. The second-order valence-corrected chi connectivity index (χ2v) is 6.19. The van der Waals surface area contributed by atoms with Gasteiger partial charge in [0.25, 0.3) is 5.91 Å². The Kier molecular flexibility index (Phi) is 5.53. The van der Waals surface area contributed by atoms with E-state index in [0.717, 1.165) is 4.90 Å². The zero-order valence-electron chi connectivity index (χ0n) is 14.5. The predicted octanol–water partition coefficient (Wildman–Crippen LogP) is 0.538. The van der Waals surface area contributed by atoms with Gasteiger partial charge in [0.05, 0.1) is 13.0 Å². The number of aromatic nitrogens is 3. The number of rotatable bonds is 7. The fourth-order valence-electron chi connectivity index (χ4n) is 2.59. The molecule has 0 bridgehead atoms. The summed E-state index contributed by atoms with van der Waals surface area (Å²) in [6.45, 7) is 6.55. The first-order valence-corrected chi connectivity index (χ1v) is 8.09. The molecule has 1 aliphatic heterocycles. The highest BCUT2D eigenvalue weighted by molar-refractivity contribution is 6.05. The van der Waals surface area contributed by atoms with Crippen molar-refractivity contribution >= 4 is 17.8 Å². The van der Waals surface area contributed by atoms with Gasteiger partial charge in [0, 0.05) is 19.6 Å². The van der Waals surface area contributed by atoms with Gasteiger partial charge in [0.1, 0.15) is 12.4 Å². The fourth-order valence-corrected chi connectivity index (χ4v) is 2.59. The molecule has 1 aromatic heterocycles. The van der Waals surface area contributed by atoms with Crippen LogP contribution < -0.4 is 5.32 Å². The summed E-state index contributed by atoms with van der Waals surface area (Å²) in [6, 6.07) is -1.03. The largest absolute Gasteiger partial charge is 0.338 e. The van der Waals surface area contributed by atoms with Crippen molar-refractivity contribution in [1.82, 2.24) is 29.9 Å². The van der Waals surface area contributed by atoms with E-state index in [1.54, 1.807) is 13.4 Å². The van der Waals surface area contributed by atoms with Gasteiger partial charge in [-0.1, -0.05) is 6.92 Å². The summed E-state index contributed by atoms with van der Waals surface area (Å²) in [4.78, 5) is 39.0. The Labute approximate surface area is 141 Å². The summed E-state index contributed by atoms with van der Waals surface area (Å²) < 4.78 is 1.88. The van der Waals surface area contributed by atoms with Crippen LogP contribution in [0.25, 0.3) is 0 Å². The van der Waals surface area contributed by atoms with E-state index >= 15 is 0 Å². The van der Waals surface area contributed by atoms with Crippen LogP contribution in [0.15, 0.2) is 6.33 Å². The minimum atomic E-state index is -0.790. The lowest BCUT2D eigenvalue weighted by atomic mass is 10.2. The lowest BCUT2D eigenvalue weighted by molar-refractivity contribution is -0.135. The minimum Gasteiger partial charge on any atom is -0.338 e. The third kappa shape index (κ3) is 3.72. The fraction of sp³-hybridized carbons (Fsp3) is 0.667. The molecule has 9 nitrogen and oxygen atoms in total. The molecule has 2 rings (SSSR count). The van der Waals surface area contributed by atoms with Crippen molar-refractivity contribution in [3.05, 3.63) is 12.2 Å². The molecule has 0 unspecified atom stereocenters. The van der Waals surface area contributed by atoms with Crippen LogP contribution in [0.5, 0.6) is 0 Å². The SMILES string of the molecule is CCCN1C(=O)N[C@H](CC(=O)N(C)Cc2nncn2C(C)C)C1=O. The van der Waals surface area contributed by atoms with Crippen LogP contribution in [0.4, 0.5) is 4.79 Å². The summed E-state index contributed by atoms with van der Waals surface area (Å²) in [6.07, 6.45) is 2.25. The number of amides is 4. The van der Waals surface area contributed by atoms with Crippen molar-refractivity contribution in [2.75, 3.05) is 13.6 Å². The number of nitrogens with zero attached hydrogens (tertiary/aromatic N) is 5. The Balaban J connectivity index is 1.96. The van der Waals surface area contributed by atoms with Gasteiger partial charge in [0.15, 0.2) is 5.82 Å². The molecule has 0 spiro atoms. The zero-order valence-corrected chi connectivity index (χ0v) is 14.5. The van der Waals surface area contributed by atoms with Crippen molar-refractivity contribution in [3.63, 3.8) is 0 Å². The van der Waals surface area contributed by atoms with Crippen LogP contribution >= 0.6 is 0 Å². The first-order chi connectivity index (χ1) is 11.3. The van der Waals surface area contributed by atoms with E-state index in [0.29, 0.717) is 25.3 Å². The molecule has 1 aromatic rings. The standard InChI is InChI=1S/C15H24N6O3/c1-5-6-20-14(23)11(17-15(20)24)7-13(22)19(4)8-12-18-16-9-21(12)10(2)3/h9-11H,5-8H2,1-4H3,(H,17,24)/t11-/m1/s1. The molecular weight excluding hydrogens is 312 g/mol. The number of hydrogen-bond acceptors (Lipinski definition) is 5. The smallest absolute Gasteiger partial charge is 0.324 e. The highest BCUT2D eigenvalue weighted by atomic mass is 16.2. The Morgan fingerprint density at radius 2 is 2.12 bits per heavy atom. The zero-order chi connectivity index (χ0) is 17.9. The van der Waals surface area contributed by atoms with E-state index < -0.39 is 12.1 Å². The van der Waals surface area contributed by atoms with Crippen LogP contribution in [-0.4, -0.2) is 62.0 Å². The first-order valence-electron chi connectivity index (χ1n) is 8.09. The van der Waals surface area contributed by atoms with E-state index in [1.807, 2.05) is 25.3 Å². The van der Waals surface area contributed by atoms with E-state index in [1.165, 1.54) is 4.90 Å². The summed E-state index contributed by atoms with van der Waals surface area (Å²) >= 11 is 0. The minimum absolute atomic E-state index is 0.0584. The van der Waals surface area contributed by atoms with Gasteiger partial charge >= 0.3 is 6.03 Å². The van der Waals surface area contributed by atoms with Crippen molar-refractivity contribution in [2.24, 2.45) is 0 Å². The monoisotopic (exact) mass is 336 g/mol. The molecule has 0 aliphatic carbocycles. The average Bonchev–Trinajstić information content (AvgIpc) is 3.08. The number of carbonyl (C=O) groups excluding carboxylic acids is 3. The molecule has 1 N–H and O–H groups in total. The molecule has 132 valence electrons.